The van der Waals surface area contributed by atoms with Gasteiger partial charge in [0, 0.05) is 49.5 Å². The van der Waals surface area contributed by atoms with Gasteiger partial charge in [-0.2, -0.15) is 0 Å². The van der Waals surface area contributed by atoms with Crippen molar-refractivity contribution in [2.24, 2.45) is 0 Å². The molecule has 0 saturated heterocycles. The minimum absolute atomic E-state index is 0.336. The Morgan fingerprint density at radius 2 is 0.982 bits per heavy atom. The SMILES string of the molecule is C1=CC(c2cccc(-c3ccccc3)c2-n2c3ccccc3c3cccc(-n4c5ccccc5c5ccc(-n6c7ccccc7c7ccccc76)cc54)c32)CCC1. The van der Waals surface area contributed by atoms with E-state index < -0.39 is 0 Å². The summed E-state index contributed by atoms with van der Waals surface area (Å²) in [7, 11) is 0. The van der Waals surface area contributed by atoms with Crippen molar-refractivity contribution in [3.8, 4) is 28.2 Å². The number of fused-ring (bicyclic) bond motifs is 9. The van der Waals surface area contributed by atoms with E-state index in [-0.39, 0.29) is 0 Å². The molecule has 11 aromatic rings. The molecule has 57 heavy (non-hydrogen) atoms. The highest BCUT2D eigenvalue weighted by Crippen LogP contribution is 2.45. The van der Waals surface area contributed by atoms with Crippen molar-refractivity contribution in [2.75, 3.05) is 0 Å². The number of hydrogen-bond acceptors (Lipinski definition) is 0. The van der Waals surface area contributed by atoms with Crippen LogP contribution in [0.2, 0.25) is 0 Å². The number of para-hydroxylation sites is 6. The van der Waals surface area contributed by atoms with E-state index in [0.717, 1.165) is 18.5 Å². The highest BCUT2D eigenvalue weighted by Gasteiger charge is 2.26. The Balaban J connectivity index is 1.22. The first kappa shape index (κ1) is 32.2. The van der Waals surface area contributed by atoms with Gasteiger partial charge >= 0.3 is 0 Å². The van der Waals surface area contributed by atoms with Gasteiger partial charge in [0.2, 0.25) is 0 Å². The van der Waals surface area contributed by atoms with Gasteiger partial charge < -0.3 is 13.7 Å². The van der Waals surface area contributed by atoms with Crippen molar-refractivity contribution < 1.29 is 0 Å². The van der Waals surface area contributed by atoms with Gasteiger partial charge in [-0.1, -0.05) is 152 Å². The van der Waals surface area contributed by atoms with Crippen molar-refractivity contribution in [1.29, 1.82) is 0 Å². The zero-order chi connectivity index (χ0) is 37.5. The molecule has 0 aliphatic heterocycles. The maximum absolute atomic E-state index is 2.61. The minimum atomic E-state index is 0.336. The third kappa shape index (κ3) is 4.79. The minimum Gasteiger partial charge on any atom is -0.309 e. The summed E-state index contributed by atoms with van der Waals surface area (Å²) in [6.07, 6.45) is 8.33. The van der Waals surface area contributed by atoms with Crippen molar-refractivity contribution in [3.63, 3.8) is 0 Å². The van der Waals surface area contributed by atoms with Gasteiger partial charge in [-0.25, -0.2) is 0 Å². The van der Waals surface area contributed by atoms with Gasteiger partial charge in [0.1, 0.15) is 0 Å². The zero-order valence-electron chi connectivity index (χ0n) is 31.5. The van der Waals surface area contributed by atoms with Crippen molar-refractivity contribution in [1.82, 2.24) is 13.7 Å². The molecule has 0 N–H and O–H groups in total. The first-order valence-corrected chi connectivity index (χ1v) is 20.2. The Morgan fingerprint density at radius 1 is 0.421 bits per heavy atom. The van der Waals surface area contributed by atoms with Crippen LogP contribution >= 0.6 is 0 Å². The standard InChI is InChI=1S/C54H39N3/c1-3-17-36(18-4-1)39-25-15-26-40(37-19-5-2-6-20-37)53(39)57-50-31-14-10-24-44(50)46-27-16-32-51(54(46)57)56-49-30-13-9-23-43(49)45-34-33-38(35-52(45)56)55-47-28-11-7-21-41(47)42-22-8-12-29-48(42)55/h1,3-5,7-19,21-35,37H,2,6,20H2. The fourth-order valence-corrected chi connectivity index (χ4v) is 10.0. The molecule has 1 unspecified atom stereocenters. The quantitative estimate of drug-likeness (QED) is 0.157. The Labute approximate surface area is 331 Å². The first-order valence-electron chi connectivity index (χ1n) is 20.2. The summed E-state index contributed by atoms with van der Waals surface area (Å²) in [6, 6.07) is 67.4. The number of aromatic nitrogens is 3. The lowest BCUT2D eigenvalue weighted by molar-refractivity contribution is 0.652. The lowest BCUT2D eigenvalue weighted by Crippen LogP contribution is -2.09. The van der Waals surface area contributed by atoms with E-state index in [1.54, 1.807) is 0 Å². The molecule has 8 aromatic carbocycles. The molecule has 3 heterocycles. The largest absolute Gasteiger partial charge is 0.309 e. The Bertz CT molecular complexity index is 3340. The molecule has 0 fully saturated rings. The van der Waals surface area contributed by atoms with E-state index >= 15 is 0 Å². The topological polar surface area (TPSA) is 14.8 Å². The Kier molecular flexibility index (Phi) is 7.18. The summed E-state index contributed by atoms with van der Waals surface area (Å²) < 4.78 is 7.58. The van der Waals surface area contributed by atoms with E-state index in [4.69, 9.17) is 0 Å². The highest BCUT2D eigenvalue weighted by molar-refractivity contribution is 6.16. The zero-order valence-corrected chi connectivity index (χ0v) is 31.5. The molecular weight excluding hydrogens is 691 g/mol. The molecule has 0 radical (unpaired) electrons. The van der Waals surface area contributed by atoms with Crippen molar-refractivity contribution in [3.05, 3.63) is 200 Å². The van der Waals surface area contributed by atoms with Gasteiger partial charge in [0.25, 0.3) is 0 Å². The van der Waals surface area contributed by atoms with Crippen LogP contribution in [-0.4, -0.2) is 13.7 Å². The Morgan fingerprint density at radius 3 is 1.65 bits per heavy atom. The molecule has 1 aliphatic carbocycles. The summed E-state index contributed by atoms with van der Waals surface area (Å²) in [4.78, 5) is 0. The van der Waals surface area contributed by atoms with E-state index in [1.165, 1.54) is 99.9 Å². The number of hydrogen-bond donors (Lipinski definition) is 0. The second-order valence-electron chi connectivity index (χ2n) is 15.5. The molecule has 0 bridgehead atoms. The third-order valence-electron chi connectivity index (χ3n) is 12.4. The lowest BCUT2D eigenvalue weighted by atomic mass is 9.86. The second kappa shape index (κ2) is 12.7. The molecular formula is C54H39N3. The van der Waals surface area contributed by atoms with Crippen molar-refractivity contribution >= 4 is 65.4 Å². The Hall–Kier alpha value is -7.10. The molecule has 0 amide bonds. The second-order valence-corrected chi connectivity index (χ2v) is 15.5. The van der Waals surface area contributed by atoms with Crippen LogP contribution in [0.4, 0.5) is 0 Å². The molecule has 1 aliphatic rings. The number of allylic oxidation sites excluding steroid dienone is 2. The third-order valence-corrected chi connectivity index (χ3v) is 12.4. The molecule has 3 heteroatoms. The normalized spacial score (nSPS) is 14.6. The summed E-state index contributed by atoms with van der Waals surface area (Å²) in [5.74, 6) is 0.336. The average molecular weight is 730 g/mol. The van der Waals surface area contributed by atoms with Crippen molar-refractivity contribution in [2.45, 2.75) is 25.2 Å². The molecule has 0 saturated carbocycles. The summed E-state index contributed by atoms with van der Waals surface area (Å²) in [6.45, 7) is 0. The fraction of sp³-hybridized carbons (Fsp3) is 0.0741. The van der Waals surface area contributed by atoms with E-state index in [2.05, 4.69) is 208 Å². The van der Waals surface area contributed by atoms with Crippen LogP contribution in [0.15, 0.2) is 194 Å². The van der Waals surface area contributed by atoms with Crippen LogP contribution in [-0.2, 0) is 0 Å². The number of nitrogens with zero attached hydrogens (tertiary/aromatic N) is 3. The van der Waals surface area contributed by atoms with Gasteiger partial charge in [-0.05, 0) is 72.9 Å². The molecule has 1 atom stereocenters. The molecule has 3 nitrogen and oxygen atoms in total. The maximum Gasteiger partial charge on any atom is 0.0782 e. The van der Waals surface area contributed by atoms with Crippen LogP contribution in [0.3, 0.4) is 0 Å². The maximum atomic E-state index is 2.61. The first-order chi connectivity index (χ1) is 28.3. The van der Waals surface area contributed by atoms with E-state index in [9.17, 15) is 0 Å². The molecule has 12 rings (SSSR count). The smallest absolute Gasteiger partial charge is 0.0782 e. The molecule has 3 aromatic heterocycles. The summed E-state index contributed by atoms with van der Waals surface area (Å²) in [5, 5.41) is 7.54. The monoisotopic (exact) mass is 729 g/mol. The van der Waals surface area contributed by atoms with Crippen LogP contribution in [0.5, 0.6) is 0 Å². The van der Waals surface area contributed by atoms with Gasteiger partial charge in [0.05, 0.1) is 44.5 Å². The van der Waals surface area contributed by atoms with E-state index in [1.807, 2.05) is 0 Å². The van der Waals surface area contributed by atoms with Crippen LogP contribution in [0.1, 0.15) is 30.7 Å². The lowest BCUT2D eigenvalue weighted by Gasteiger charge is -2.25. The summed E-state index contributed by atoms with van der Waals surface area (Å²) in [5.41, 5.74) is 14.7. The number of rotatable bonds is 5. The highest BCUT2D eigenvalue weighted by atomic mass is 15.1. The van der Waals surface area contributed by atoms with E-state index in [0.29, 0.717) is 5.92 Å². The fourth-order valence-electron chi connectivity index (χ4n) is 10.0. The molecule has 0 spiro atoms. The van der Waals surface area contributed by atoms with Gasteiger partial charge in [-0.15, -0.1) is 0 Å². The number of benzene rings is 8. The molecule has 270 valence electrons. The average Bonchev–Trinajstić information content (AvgIpc) is 3.92. The van der Waals surface area contributed by atoms with Crippen LogP contribution in [0.25, 0.3) is 93.6 Å². The van der Waals surface area contributed by atoms with Crippen LogP contribution in [0, 0.1) is 0 Å². The predicted octanol–water partition coefficient (Wildman–Crippen LogP) is 14.5. The van der Waals surface area contributed by atoms with Gasteiger partial charge in [-0.3, -0.25) is 0 Å². The van der Waals surface area contributed by atoms with Gasteiger partial charge in [0.15, 0.2) is 0 Å². The predicted molar refractivity (Wildman–Crippen MR) is 241 cm³/mol. The summed E-state index contributed by atoms with van der Waals surface area (Å²) >= 11 is 0. The van der Waals surface area contributed by atoms with Crippen LogP contribution < -0.4 is 0 Å².